The van der Waals surface area contributed by atoms with Gasteiger partial charge in [0, 0.05) is 18.7 Å². The van der Waals surface area contributed by atoms with Crippen LogP contribution in [0.25, 0.3) is 11.0 Å². The van der Waals surface area contributed by atoms with Crippen molar-refractivity contribution in [1.29, 1.82) is 0 Å². The van der Waals surface area contributed by atoms with Crippen LogP contribution in [-0.4, -0.2) is 62.8 Å². The molecule has 1 amide bonds. The number of aliphatic hydroxyl groups is 1. The molecule has 0 spiro atoms. The number of H-pyrrole nitrogens is 1. The summed E-state index contributed by atoms with van der Waals surface area (Å²) in [5, 5.41) is 11.0. The molecule has 2 aliphatic rings. The van der Waals surface area contributed by atoms with Crippen LogP contribution < -0.4 is 0 Å². The molecule has 2 aromatic heterocycles. The molecule has 3 heterocycles. The van der Waals surface area contributed by atoms with Crippen LogP contribution in [0.1, 0.15) is 29.8 Å². The van der Waals surface area contributed by atoms with Crippen molar-refractivity contribution in [3.05, 3.63) is 24.3 Å². The molecular formula is C16H20N4O3. The van der Waals surface area contributed by atoms with Gasteiger partial charge in [-0.1, -0.05) is 6.42 Å². The lowest BCUT2D eigenvalue weighted by molar-refractivity contribution is -0.0384. The maximum Gasteiger partial charge on any atom is 0.273 e. The van der Waals surface area contributed by atoms with Crippen LogP contribution in [0.5, 0.6) is 0 Å². The summed E-state index contributed by atoms with van der Waals surface area (Å²) in [6.07, 6.45) is 5.55. The van der Waals surface area contributed by atoms with Gasteiger partial charge in [-0.05, 0) is 18.9 Å². The maximum absolute atomic E-state index is 13.1. The normalized spacial score (nSPS) is 28.4. The Morgan fingerprint density at radius 3 is 3.13 bits per heavy atom. The Hall–Kier alpha value is -1.99. The predicted octanol–water partition coefficient (Wildman–Crippen LogP) is 0.960. The lowest BCUT2D eigenvalue weighted by atomic mass is 9.94. The summed E-state index contributed by atoms with van der Waals surface area (Å²) >= 11 is 0. The van der Waals surface area contributed by atoms with Crippen LogP contribution in [0.4, 0.5) is 0 Å². The van der Waals surface area contributed by atoms with Gasteiger partial charge in [0.15, 0.2) is 0 Å². The Kier molecular flexibility index (Phi) is 3.74. The van der Waals surface area contributed by atoms with Gasteiger partial charge >= 0.3 is 0 Å². The number of ether oxygens (including phenoxy) is 1. The van der Waals surface area contributed by atoms with E-state index in [2.05, 4.69) is 15.0 Å². The molecule has 2 fully saturated rings. The van der Waals surface area contributed by atoms with E-state index in [-0.39, 0.29) is 24.0 Å². The van der Waals surface area contributed by atoms with Crippen LogP contribution >= 0.6 is 0 Å². The number of aromatic nitrogens is 3. The molecule has 0 bridgehead atoms. The zero-order chi connectivity index (χ0) is 15.8. The third kappa shape index (κ3) is 2.49. The summed E-state index contributed by atoms with van der Waals surface area (Å²) in [6.45, 7) is 1.53. The monoisotopic (exact) mass is 316 g/mol. The van der Waals surface area contributed by atoms with E-state index in [1.54, 1.807) is 6.20 Å². The average Bonchev–Trinajstić information content (AvgIpc) is 3.22. The molecule has 23 heavy (non-hydrogen) atoms. The molecule has 1 saturated carbocycles. The topological polar surface area (TPSA) is 91.3 Å². The van der Waals surface area contributed by atoms with Crippen molar-refractivity contribution in [2.24, 2.45) is 5.92 Å². The van der Waals surface area contributed by atoms with E-state index in [0.29, 0.717) is 31.1 Å². The summed E-state index contributed by atoms with van der Waals surface area (Å²) in [4.78, 5) is 26.2. The van der Waals surface area contributed by atoms with Gasteiger partial charge in [0.1, 0.15) is 17.7 Å². The van der Waals surface area contributed by atoms with Crippen molar-refractivity contribution in [3.8, 4) is 0 Å². The molecule has 122 valence electrons. The van der Waals surface area contributed by atoms with Crippen LogP contribution in [0.3, 0.4) is 0 Å². The Morgan fingerprint density at radius 1 is 1.39 bits per heavy atom. The second kappa shape index (κ2) is 5.90. The molecule has 3 unspecified atom stereocenters. The van der Waals surface area contributed by atoms with Gasteiger partial charge in [-0.3, -0.25) is 4.79 Å². The zero-order valence-corrected chi connectivity index (χ0v) is 12.8. The van der Waals surface area contributed by atoms with E-state index in [9.17, 15) is 9.90 Å². The molecule has 0 aromatic carbocycles. The fourth-order valence-electron chi connectivity index (χ4n) is 3.83. The Labute approximate surface area is 133 Å². The lowest BCUT2D eigenvalue weighted by Crippen LogP contribution is -2.53. The number of aliphatic hydroxyl groups excluding tert-OH is 1. The Balaban J connectivity index is 1.66. The smallest absolute Gasteiger partial charge is 0.273 e. The fourth-order valence-corrected chi connectivity index (χ4v) is 3.83. The van der Waals surface area contributed by atoms with Crippen LogP contribution in [0, 0.1) is 5.92 Å². The number of hydrogen-bond donors (Lipinski definition) is 2. The summed E-state index contributed by atoms with van der Waals surface area (Å²) in [5.41, 5.74) is 1.07. The van der Waals surface area contributed by atoms with Gasteiger partial charge in [0.25, 0.3) is 5.91 Å². The van der Waals surface area contributed by atoms with Gasteiger partial charge in [-0.15, -0.1) is 0 Å². The number of amides is 1. The number of aromatic amines is 1. The number of nitrogens with zero attached hydrogens (tertiary/aromatic N) is 3. The van der Waals surface area contributed by atoms with Crippen molar-refractivity contribution in [2.45, 2.75) is 31.4 Å². The van der Waals surface area contributed by atoms with E-state index in [0.717, 1.165) is 24.6 Å². The number of carbonyl (C=O) groups excluding carboxylic acids is 1. The third-order valence-electron chi connectivity index (χ3n) is 5.01. The number of fused-ring (bicyclic) bond motifs is 1. The number of morpholine rings is 1. The fraction of sp³-hybridized carbons (Fsp3) is 0.562. The van der Waals surface area contributed by atoms with Gasteiger partial charge in [0.05, 0.1) is 30.7 Å². The highest BCUT2D eigenvalue weighted by Gasteiger charge is 2.40. The van der Waals surface area contributed by atoms with Crippen LogP contribution in [0.15, 0.2) is 18.6 Å². The number of carbonyl (C=O) groups is 1. The second-order valence-corrected chi connectivity index (χ2v) is 6.27. The minimum Gasteiger partial charge on any atom is -0.393 e. The highest BCUT2D eigenvalue weighted by atomic mass is 16.5. The van der Waals surface area contributed by atoms with E-state index in [4.69, 9.17) is 4.74 Å². The molecule has 1 aliphatic heterocycles. The molecule has 2 N–H and O–H groups in total. The minimum absolute atomic E-state index is 0.0855. The first kappa shape index (κ1) is 14.6. The molecule has 1 aliphatic carbocycles. The summed E-state index contributed by atoms with van der Waals surface area (Å²) in [7, 11) is 0. The van der Waals surface area contributed by atoms with Crippen molar-refractivity contribution >= 4 is 16.9 Å². The van der Waals surface area contributed by atoms with E-state index < -0.39 is 0 Å². The Morgan fingerprint density at radius 2 is 2.30 bits per heavy atom. The Bertz CT molecular complexity index is 716. The second-order valence-electron chi connectivity index (χ2n) is 6.27. The van der Waals surface area contributed by atoms with E-state index in [1.807, 2.05) is 11.0 Å². The standard InChI is InChI=1S/C16H20N4O3/c21-13-3-1-2-10(13)12-8-23-7-6-20(12)16(22)14-11-4-5-17-15(11)19-9-18-14/h4-5,9-10,12-13,21H,1-3,6-8H2,(H,17,18,19). The summed E-state index contributed by atoms with van der Waals surface area (Å²) in [6, 6.07) is 1.74. The highest BCUT2D eigenvalue weighted by Crippen LogP contribution is 2.33. The van der Waals surface area contributed by atoms with Gasteiger partial charge in [0.2, 0.25) is 0 Å². The van der Waals surface area contributed by atoms with Crippen LogP contribution in [-0.2, 0) is 4.74 Å². The molecule has 2 aromatic rings. The molecule has 7 nitrogen and oxygen atoms in total. The van der Waals surface area contributed by atoms with Gasteiger partial charge in [-0.2, -0.15) is 0 Å². The first-order valence-corrected chi connectivity index (χ1v) is 8.10. The number of nitrogens with one attached hydrogen (secondary N) is 1. The molecule has 7 heteroatoms. The maximum atomic E-state index is 13.1. The predicted molar refractivity (Wildman–Crippen MR) is 82.9 cm³/mol. The quantitative estimate of drug-likeness (QED) is 0.861. The van der Waals surface area contributed by atoms with Crippen molar-refractivity contribution in [1.82, 2.24) is 19.9 Å². The summed E-state index contributed by atoms with van der Waals surface area (Å²) < 4.78 is 5.59. The number of hydrogen-bond acceptors (Lipinski definition) is 5. The van der Waals surface area contributed by atoms with Gasteiger partial charge < -0.3 is 19.7 Å². The van der Waals surface area contributed by atoms with Crippen molar-refractivity contribution < 1.29 is 14.6 Å². The largest absolute Gasteiger partial charge is 0.393 e. The highest BCUT2D eigenvalue weighted by molar-refractivity contribution is 6.03. The SMILES string of the molecule is O=C(c1ncnc2[nH]ccc12)N1CCOCC1C1CCCC1O. The molecule has 4 rings (SSSR count). The lowest BCUT2D eigenvalue weighted by Gasteiger charge is -2.39. The molecular weight excluding hydrogens is 296 g/mol. The third-order valence-corrected chi connectivity index (χ3v) is 5.01. The van der Waals surface area contributed by atoms with Gasteiger partial charge in [-0.25, -0.2) is 9.97 Å². The van der Waals surface area contributed by atoms with Crippen molar-refractivity contribution in [2.75, 3.05) is 19.8 Å². The first-order chi connectivity index (χ1) is 11.3. The van der Waals surface area contributed by atoms with E-state index >= 15 is 0 Å². The average molecular weight is 316 g/mol. The zero-order valence-electron chi connectivity index (χ0n) is 12.8. The van der Waals surface area contributed by atoms with Crippen LogP contribution in [0.2, 0.25) is 0 Å². The molecule has 3 atom stereocenters. The first-order valence-electron chi connectivity index (χ1n) is 8.10. The van der Waals surface area contributed by atoms with E-state index in [1.165, 1.54) is 6.33 Å². The minimum atomic E-state index is -0.352. The molecule has 0 radical (unpaired) electrons. The number of rotatable bonds is 2. The van der Waals surface area contributed by atoms with Crippen molar-refractivity contribution in [3.63, 3.8) is 0 Å². The summed E-state index contributed by atoms with van der Waals surface area (Å²) in [5.74, 6) is -0.0211. The molecule has 1 saturated heterocycles.